The van der Waals surface area contributed by atoms with Crippen molar-refractivity contribution in [3.05, 3.63) is 64.2 Å². The molecule has 0 bridgehead atoms. The molecule has 9 nitrogen and oxygen atoms in total. The summed E-state index contributed by atoms with van der Waals surface area (Å²) in [6.45, 7) is 3.87. The third-order valence-corrected chi connectivity index (χ3v) is 5.51. The van der Waals surface area contributed by atoms with Gasteiger partial charge in [0.15, 0.2) is 0 Å². The maximum absolute atomic E-state index is 12.4. The summed E-state index contributed by atoms with van der Waals surface area (Å²) >= 11 is 0. The lowest BCUT2D eigenvalue weighted by molar-refractivity contribution is -0.385. The predicted octanol–water partition coefficient (Wildman–Crippen LogP) is 3.33. The Bertz CT molecular complexity index is 961. The molecule has 0 heterocycles. The first-order chi connectivity index (χ1) is 14.3. The Kier molecular flexibility index (Phi) is 8.75. The van der Waals surface area contributed by atoms with Gasteiger partial charge in [0.25, 0.3) is 21.6 Å². The molecule has 2 N–H and O–H groups in total. The van der Waals surface area contributed by atoms with Crippen molar-refractivity contribution in [2.75, 3.05) is 24.5 Å². The zero-order valence-corrected chi connectivity index (χ0v) is 17.5. The number of unbranched alkanes of at least 4 members (excludes halogenated alkanes) is 1. The van der Waals surface area contributed by atoms with Crippen LogP contribution in [0.1, 0.15) is 36.5 Å². The van der Waals surface area contributed by atoms with Crippen LogP contribution in [0, 0.1) is 10.1 Å². The molecule has 2 aromatic carbocycles. The fourth-order valence-corrected chi connectivity index (χ4v) is 3.59. The summed E-state index contributed by atoms with van der Waals surface area (Å²) in [5.74, 6) is -0.267. The Morgan fingerprint density at radius 3 is 2.47 bits per heavy atom. The zero-order valence-electron chi connectivity index (χ0n) is 16.7. The third kappa shape index (κ3) is 7.12. The number of nitro benzene ring substituents is 1. The number of nitro groups is 1. The molecule has 0 aliphatic carbocycles. The van der Waals surface area contributed by atoms with Crippen LogP contribution in [-0.2, 0) is 14.8 Å². The van der Waals surface area contributed by atoms with E-state index < -0.39 is 14.9 Å². The van der Waals surface area contributed by atoms with Crippen LogP contribution in [0.4, 0.5) is 11.4 Å². The van der Waals surface area contributed by atoms with Crippen LogP contribution in [0.3, 0.4) is 0 Å². The Morgan fingerprint density at radius 2 is 1.80 bits per heavy atom. The largest absolute Gasteiger partial charge is 0.381 e. The lowest BCUT2D eigenvalue weighted by Gasteiger charge is -2.09. The maximum atomic E-state index is 12.4. The van der Waals surface area contributed by atoms with Gasteiger partial charge in [-0.25, -0.2) is 8.42 Å². The molecular formula is C20H25N3O6S. The average Bonchev–Trinajstić information content (AvgIpc) is 2.73. The molecule has 0 aliphatic rings. The molecule has 1 amide bonds. The van der Waals surface area contributed by atoms with E-state index in [0.29, 0.717) is 25.1 Å². The predicted molar refractivity (Wildman–Crippen MR) is 113 cm³/mol. The van der Waals surface area contributed by atoms with E-state index in [2.05, 4.69) is 17.0 Å². The van der Waals surface area contributed by atoms with E-state index >= 15 is 0 Å². The van der Waals surface area contributed by atoms with E-state index in [0.717, 1.165) is 25.5 Å². The summed E-state index contributed by atoms with van der Waals surface area (Å²) in [4.78, 5) is 22.1. The lowest BCUT2D eigenvalue weighted by Crippen LogP contribution is -2.25. The van der Waals surface area contributed by atoms with Gasteiger partial charge in [0.2, 0.25) is 0 Å². The number of amides is 1. The van der Waals surface area contributed by atoms with Gasteiger partial charge in [-0.3, -0.25) is 19.6 Å². The normalized spacial score (nSPS) is 11.1. The fourth-order valence-electron chi connectivity index (χ4n) is 2.49. The van der Waals surface area contributed by atoms with Crippen LogP contribution in [0.5, 0.6) is 0 Å². The van der Waals surface area contributed by atoms with Gasteiger partial charge in [0.1, 0.15) is 0 Å². The molecule has 0 fully saturated rings. The number of hydrogen-bond acceptors (Lipinski definition) is 6. The first-order valence-corrected chi connectivity index (χ1v) is 11.0. The molecule has 2 rings (SSSR count). The second kappa shape index (κ2) is 11.3. The van der Waals surface area contributed by atoms with E-state index in [1.807, 2.05) is 0 Å². The Balaban J connectivity index is 1.90. The van der Waals surface area contributed by atoms with Crippen molar-refractivity contribution in [2.24, 2.45) is 0 Å². The number of nitrogens with zero attached hydrogens (tertiary/aromatic N) is 1. The van der Waals surface area contributed by atoms with Crippen LogP contribution < -0.4 is 10.0 Å². The second-order valence-corrected chi connectivity index (χ2v) is 8.20. The Labute approximate surface area is 175 Å². The molecule has 0 aromatic heterocycles. The maximum Gasteiger partial charge on any atom is 0.270 e. The summed E-state index contributed by atoms with van der Waals surface area (Å²) in [6.07, 6.45) is 2.80. The summed E-state index contributed by atoms with van der Waals surface area (Å²) < 4.78 is 32.6. The molecule has 0 saturated heterocycles. The van der Waals surface area contributed by atoms with E-state index in [1.54, 1.807) is 0 Å². The molecule has 0 unspecified atom stereocenters. The number of carbonyl (C=O) groups excluding carboxylic acids is 1. The molecule has 0 spiro atoms. The summed E-state index contributed by atoms with van der Waals surface area (Å²) in [6, 6.07) is 10.7. The molecular weight excluding hydrogens is 410 g/mol. The van der Waals surface area contributed by atoms with Gasteiger partial charge >= 0.3 is 0 Å². The first kappa shape index (κ1) is 23.3. The highest BCUT2D eigenvalue weighted by Crippen LogP contribution is 2.20. The minimum Gasteiger partial charge on any atom is -0.381 e. The van der Waals surface area contributed by atoms with Gasteiger partial charge in [-0.05, 0) is 43.2 Å². The standard InChI is InChI=1S/C20H25N3O6S/c1-2-3-13-29-14-5-12-21-20(24)16-8-10-17(11-9-16)22-30(27,28)19-7-4-6-18(15-19)23(25)26/h4,6-11,15,22H,2-3,5,12-14H2,1H3,(H,21,24). The van der Waals surface area contributed by atoms with E-state index in [1.165, 1.54) is 42.5 Å². The smallest absolute Gasteiger partial charge is 0.270 e. The van der Waals surface area contributed by atoms with Crippen LogP contribution in [0.25, 0.3) is 0 Å². The number of anilines is 1. The number of carbonyl (C=O) groups is 1. The molecule has 0 saturated carbocycles. The Hall–Kier alpha value is -2.98. The van der Waals surface area contributed by atoms with E-state index in [-0.39, 0.29) is 22.2 Å². The molecule has 0 atom stereocenters. The third-order valence-electron chi connectivity index (χ3n) is 4.13. The van der Waals surface area contributed by atoms with Gasteiger partial charge in [-0.1, -0.05) is 19.4 Å². The average molecular weight is 436 g/mol. The highest BCUT2D eigenvalue weighted by molar-refractivity contribution is 7.92. The van der Waals surface area contributed by atoms with Gasteiger partial charge in [0.05, 0.1) is 9.82 Å². The zero-order chi connectivity index (χ0) is 22.0. The van der Waals surface area contributed by atoms with Crippen molar-refractivity contribution in [1.29, 1.82) is 0 Å². The summed E-state index contributed by atoms with van der Waals surface area (Å²) in [5.41, 5.74) is 0.309. The van der Waals surface area contributed by atoms with E-state index in [4.69, 9.17) is 4.74 Å². The fraction of sp³-hybridized carbons (Fsp3) is 0.350. The Morgan fingerprint density at radius 1 is 1.10 bits per heavy atom. The van der Waals surface area contributed by atoms with Crippen LogP contribution in [0.15, 0.2) is 53.4 Å². The van der Waals surface area contributed by atoms with Crippen molar-refractivity contribution in [3.8, 4) is 0 Å². The van der Waals surface area contributed by atoms with Gasteiger partial charge in [-0.15, -0.1) is 0 Å². The van der Waals surface area contributed by atoms with Crippen molar-refractivity contribution in [1.82, 2.24) is 5.32 Å². The number of ether oxygens (including phenoxy) is 1. The van der Waals surface area contributed by atoms with Crippen molar-refractivity contribution < 1.29 is 22.9 Å². The van der Waals surface area contributed by atoms with Crippen LogP contribution in [0.2, 0.25) is 0 Å². The molecule has 162 valence electrons. The number of sulfonamides is 1. The minimum absolute atomic E-state index is 0.223. The number of benzene rings is 2. The van der Waals surface area contributed by atoms with Gasteiger partial charge in [-0.2, -0.15) is 0 Å². The van der Waals surface area contributed by atoms with E-state index in [9.17, 15) is 23.3 Å². The lowest BCUT2D eigenvalue weighted by atomic mass is 10.2. The number of nitrogens with one attached hydrogen (secondary N) is 2. The van der Waals surface area contributed by atoms with Crippen molar-refractivity contribution in [2.45, 2.75) is 31.1 Å². The molecule has 2 aromatic rings. The molecule has 30 heavy (non-hydrogen) atoms. The molecule has 0 radical (unpaired) electrons. The highest BCUT2D eigenvalue weighted by atomic mass is 32.2. The van der Waals surface area contributed by atoms with Gasteiger partial charge in [0, 0.05) is 43.1 Å². The number of rotatable bonds is 12. The SMILES string of the molecule is CCCCOCCCNC(=O)c1ccc(NS(=O)(=O)c2cccc([N+](=O)[O-])c2)cc1. The monoisotopic (exact) mass is 435 g/mol. The van der Waals surface area contributed by atoms with Gasteiger partial charge < -0.3 is 10.1 Å². The molecule has 0 aliphatic heterocycles. The first-order valence-electron chi connectivity index (χ1n) is 9.57. The molecule has 10 heteroatoms. The van der Waals surface area contributed by atoms with Crippen molar-refractivity contribution >= 4 is 27.3 Å². The second-order valence-electron chi connectivity index (χ2n) is 6.51. The van der Waals surface area contributed by atoms with Crippen LogP contribution >= 0.6 is 0 Å². The van der Waals surface area contributed by atoms with Crippen molar-refractivity contribution in [3.63, 3.8) is 0 Å². The topological polar surface area (TPSA) is 128 Å². The quantitative estimate of drug-likeness (QED) is 0.299. The highest BCUT2D eigenvalue weighted by Gasteiger charge is 2.18. The minimum atomic E-state index is -4.00. The number of hydrogen-bond donors (Lipinski definition) is 2. The summed E-state index contributed by atoms with van der Waals surface area (Å²) in [5, 5.41) is 13.6. The summed E-state index contributed by atoms with van der Waals surface area (Å²) in [7, 11) is -4.00. The van der Waals surface area contributed by atoms with Crippen LogP contribution in [-0.4, -0.2) is 39.0 Å². The number of non-ortho nitro benzene ring substituents is 1.